The van der Waals surface area contributed by atoms with E-state index in [-0.39, 0.29) is 0 Å². The summed E-state index contributed by atoms with van der Waals surface area (Å²) in [7, 11) is 0. The Morgan fingerprint density at radius 1 is 1.46 bits per heavy atom. The number of fused-ring (bicyclic) bond motifs is 2. The van der Waals surface area contributed by atoms with Gasteiger partial charge in [-0.3, -0.25) is 0 Å². The van der Waals surface area contributed by atoms with Crippen LogP contribution in [0.3, 0.4) is 0 Å². The van der Waals surface area contributed by atoms with Crippen LogP contribution in [0.25, 0.3) is 0 Å². The lowest BCUT2D eigenvalue weighted by molar-refractivity contribution is 0.437. The van der Waals surface area contributed by atoms with E-state index in [2.05, 4.69) is 20.9 Å². The molecule has 0 atom stereocenters. The van der Waals surface area contributed by atoms with Crippen molar-refractivity contribution in [2.75, 3.05) is 0 Å². The summed E-state index contributed by atoms with van der Waals surface area (Å²) >= 11 is 1.61. The monoisotopic (exact) mass is 191 g/mol. The third-order valence-corrected chi connectivity index (χ3v) is 2.45. The summed E-state index contributed by atoms with van der Waals surface area (Å²) in [6, 6.07) is 0. The Morgan fingerprint density at radius 3 is 3.46 bits per heavy atom. The number of rotatable bonds is 0. The Kier molecular flexibility index (Phi) is 1.31. The second-order valence-corrected chi connectivity index (χ2v) is 3.39. The zero-order valence-electron chi connectivity index (χ0n) is 6.51. The van der Waals surface area contributed by atoms with Gasteiger partial charge in [0.25, 0.3) is 5.96 Å². The minimum Gasteiger partial charge on any atom is -0.210 e. The Balaban J connectivity index is 2.08. The molecule has 0 aromatic rings. The van der Waals surface area contributed by atoms with E-state index >= 15 is 0 Å². The molecule has 0 fully saturated rings. The van der Waals surface area contributed by atoms with Gasteiger partial charge in [0.1, 0.15) is 0 Å². The van der Waals surface area contributed by atoms with Crippen LogP contribution in [0, 0.1) is 0 Å². The van der Waals surface area contributed by atoms with Gasteiger partial charge in [-0.1, -0.05) is 5.11 Å². The maximum Gasteiger partial charge on any atom is 0.271 e. The van der Waals surface area contributed by atoms with Crippen molar-refractivity contribution in [1.82, 2.24) is 10.5 Å². The van der Waals surface area contributed by atoms with Gasteiger partial charge in [-0.2, -0.15) is 5.53 Å². The van der Waals surface area contributed by atoms with E-state index in [9.17, 15) is 0 Å². The van der Waals surface area contributed by atoms with E-state index in [0.717, 1.165) is 11.3 Å². The molecule has 5 nitrogen and oxygen atoms in total. The Hall–Kier alpha value is -1.56. The topological polar surface area (TPSA) is 52.3 Å². The molecule has 0 radical (unpaired) electrons. The van der Waals surface area contributed by atoms with E-state index in [1.54, 1.807) is 16.8 Å². The molecule has 3 rings (SSSR count). The number of allylic oxidation sites excluding steroid dienone is 1. The van der Waals surface area contributed by atoms with Crippen LogP contribution in [0.2, 0.25) is 0 Å². The van der Waals surface area contributed by atoms with Crippen LogP contribution in [0.5, 0.6) is 0 Å². The molecule has 0 aromatic carbocycles. The van der Waals surface area contributed by atoms with Crippen molar-refractivity contribution in [3.05, 3.63) is 34.4 Å². The summed E-state index contributed by atoms with van der Waals surface area (Å²) < 4.78 is 0. The molecule has 0 unspecified atom stereocenters. The lowest BCUT2D eigenvalue weighted by atomic mass is 10.2. The predicted molar refractivity (Wildman–Crippen MR) is 50.2 cm³/mol. The van der Waals surface area contributed by atoms with Crippen LogP contribution in [0.15, 0.2) is 49.7 Å². The molecule has 0 spiro atoms. The van der Waals surface area contributed by atoms with E-state index in [1.165, 1.54) is 0 Å². The highest BCUT2D eigenvalue weighted by Gasteiger charge is 2.21. The van der Waals surface area contributed by atoms with Gasteiger partial charge in [0.15, 0.2) is 0 Å². The van der Waals surface area contributed by atoms with E-state index in [0.29, 0.717) is 5.96 Å². The molecule has 0 saturated heterocycles. The van der Waals surface area contributed by atoms with Crippen molar-refractivity contribution in [2.45, 2.75) is 0 Å². The summed E-state index contributed by atoms with van der Waals surface area (Å²) in [6.45, 7) is 0. The van der Waals surface area contributed by atoms with Gasteiger partial charge in [0, 0.05) is 17.2 Å². The maximum absolute atomic E-state index is 4.31. The normalized spacial score (nSPS) is 22.8. The van der Waals surface area contributed by atoms with Gasteiger partial charge >= 0.3 is 0 Å². The van der Waals surface area contributed by atoms with E-state index in [4.69, 9.17) is 0 Å². The largest absolute Gasteiger partial charge is 0.271 e. The first-order valence-electron chi connectivity index (χ1n) is 3.72. The maximum atomic E-state index is 4.31. The summed E-state index contributed by atoms with van der Waals surface area (Å²) in [5.74, 6) is 0.589. The van der Waals surface area contributed by atoms with Crippen molar-refractivity contribution in [2.24, 2.45) is 15.3 Å². The molecule has 0 saturated carbocycles. The van der Waals surface area contributed by atoms with Crippen LogP contribution in [-0.4, -0.2) is 11.0 Å². The lowest BCUT2D eigenvalue weighted by Crippen LogP contribution is -2.31. The zero-order chi connectivity index (χ0) is 8.67. The smallest absolute Gasteiger partial charge is 0.210 e. The summed E-state index contributed by atoms with van der Waals surface area (Å²) in [5, 5.41) is 13.2. The Bertz CT molecular complexity index is 403. The van der Waals surface area contributed by atoms with Gasteiger partial charge < -0.3 is 0 Å². The van der Waals surface area contributed by atoms with Crippen LogP contribution in [0.4, 0.5) is 0 Å². The van der Waals surface area contributed by atoms with E-state index < -0.39 is 0 Å². The predicted octanol–water partition coefficient (Wildman–Crippen LogP) is 1.53. The number of hydrogen-bond donors (Lipinski definition) is 1. The molecule has 6 heteroatoms. The van der Waals surface area contributed by atoms with Crippen LogP contribution < -0.4 is 5.53 Å². The van der Waals surface area contributed by atoms with Crippen molar-refractivity contribution in [3.8, 4) is 0 Å². The minimum atomic E-state index is 0.589. The number of aliphatic imine (C=N–C) groups is 1. The third-order valence-electron chi connectivity index (χ3n) is 1.80. The van der Waals surface area contributed by atoms with Gasteiger partial charge in [-0.05, 0) is 16.7 Å². The molecule has 64 valence electrons. The molecule has 0 amide bonds. The Morgan fingerprint density at radius 2 is 2.46 bits per heavy atom. The molecular formula is C7H5N5S. The fourth-order valence-electron chi connectivity index (χ4n) is 1.19. The number of nitrogens with one attached hydrogen (secondary N) is 1. The quantitative estimate of drug-likeness (QED) is 0.631. The number of hydrazine groups is 1. The fourth-order valence-corrected chi connectivity index (χ4v) is 1.81. The highest BCUT2D eigenvalue weighted by Crippen LogP contribution is 2.28. The van der Waals surface area contributed by atoms with Gasteiger partial charge in [0.2, 0.25) is 0 Å². The average Bonchev–Trinajstić information content (AvgIpc) is 2.61. The first-order chi connectivity index (χ1) is 6.43. The minimum absolute atomic E-state index is 0.589. The molecule has 1 N–H and O–H groups in total. The number of hydrogen-bond acceptors (Lipinski definition) is 6. The lowest BCUT2D eigenvalue weighted by Gasteiger charge is -2.18. The molecule has 0 aliphatic carbocycles. The van der Waals surface area contributed by atoms with Gasteiger partial charge in [0.05, 0.1) is 5.70 Å². The van der Waals surface area contributed by atoms with Gasteiger partial charge in [-0.15, -0.1) is 11.8 Å². The van der Waals surface area contributed by atoms with Crippen LogP contribution in [-0.2, 0) is 0 Å². The summed E-state index contributed by atoms with van der Waals surface area (Å²) in [5.41, 5.74) is 4.73. The molecule has 3 aliphatic heterocycles. The zero-order valence-corrected chi connectivity index (χ0v) is 7.32. The molecule has 3 heterocycles. The number of thioether (sulfide) groups is 1. The first-order valence-corrected chi connectivity index (χ1v) is 4.66. The summed E-state index contributed by atoms with van der Waals surface area (Å²) in [6.07, 6.45) is 3.94. The van der Waals surface area contributed by atoms with Crippen LogP contribution in [0.1, 0.15) is 0 Å². The van der Waals surface area contributed by atoms with Crippen molar-refractivity contribution < 1.29 is 0 Å². The van der Waals surface area contributed by atoms with Gasteiger partial charge in [-0.25, -0.2) is 10.0 Å². The number of guanidine groups is 1. The molecule has 13 heavy (non-hydrogen) atoms. The first kappa shape index (κ1) is 6.90. The fraction of sp³-hybridized carbons (Fsp3) is 0. The molecular weight excluding hydrogens is 186 g/mol. The standard InChI is InChI=1S/C7H5N5S/c1-2-13-4-6-5(1)3-12-7(8-6)9-10-11-12/h1-4H,(H,8,9,11). The van der Waals surface area contributed by atoms with Crippen molar-refractivity contribution in [3.63, 3.8) is 0 Å². The molecule has 0 aromatic heterocycles. The second kappa shape index (κ2) is 2.46. The second-order valence-electron chi connectivity index (χ2n) is 2.61. The van der Waals surface area contributed by atoms with Crippen molar-refractivity contribution >= 4 is 17.7 Å². The molecule has 0 bridgehead atoms. The third kappa shape index (κ3) is 0.988. The molecule has 3 aliphatic rings. The Labute approximate surface area is 78.6 Å². The average molecular weight is 191 g/mol. The highest BCUT2D eigenvalue weighted by molar-refractivity contribution is 8.05. The highest BCUT2D eigenvalue weighted by atomic mass is 32.2. The van der Waals surface area contributed by atoms with E-state index in [1.807, 2.05) is 23.1 Å². The SMILES string of the molecule is C1=CC2=CN3NN=NC3=NC2=CS1. The number of nitrogens with zero attached hydrogens (tertiary/aromatic N) is 4. The van der Waals surface area contributed by atoms with Crippen LogP contribution >= 0.6 is 11.8 Å². The summed E-state index contributed by atoms with van der Waals surface area (Å²) in [4.78, 5) is 4.31. The van der Waals surface area contributed by atoms with Crippen molar-refractivity contribution in [1.29, 1.82) is 0 Å².